The molecule has 0 aromatic heterocycles. The lowest BCUT2D eigenvalue weighted by atomic mass is 10.2. The van der Waals surface area contributed by atoms with Gasteiger partial charge >= 0.3 is 5.97 Å². The van der Waals surface area contributed by atoms with E-state index >= 15 is 0 Å². The molecule has 0 aliphatic carbocycles. The zero-order chi connectivity index (χ0) is 14.5. The summed E-state index contributed by atoms with van der Waals surface area (Å²) in [6.07, 6.45) is 1.15. The van der Waals surface area contributed by atoms with Crippen molar-refractivity contribution in [3.05, 3.63) is 29.8 Å². The second-order valence-electron chi connectivity index (χ2n) is 3.79. The first-order valence-corrected chi connectivity index (χ1v) is 8.68. The molecule has 0 saturated heterocycles. The van der Waals surface area contributed by atoms with Gasteiger partial charge in [-0.15, -0.1) is 0 Å². The van der Waals surface area contributed by atoms with Crippen LogP contribution in [0.25, 0.3) is 0 Å². The Hall–Kier alpha value is -1.08. The van der Waals surface area contributed by atoms with Gasteiger partial charge in [0.2, 0.25) is 10.0 Å². The van der Waals surface area contributed by atoms with Crippen LogP contribution >= 0.6 is 15.9 Å². The first-order chi connectivity index (χ1) is 8.90. The molecule has 0 spiro atoms. The number of esters is 1. The summed E-state index contributed by atoms with van der Waals surface area (Å²) in [5.74, 6) is -0.416. The highest BCUT2D eigenvalue weighted by Crippen LogP contribution is 2.18. The summed E-state index contributed by atoms with van der Waals surface area (Å²) in [5.41, 5.74) is 0.924. The fourth-order valence-electron chi connectivity index (χ4n) is 1.54. The van der Waals surface area contributed by atoms with E-state index in [4.69, 9.17) is 4.74 Å². The minimum Gasteiger partial charge on any atom is -0.462 e. The van der Waals surface area contributed by atoms with E-state index in [2.05, 4.69) is 15.9 Å². The second kappa shape index (κ2) is 6.91. The molecule has 0 amide bonds. The van der Waals surface area contributed by atoms with E-state index in [1.165, 1.54) is 4.31 Å². The Bertz CT molecular complexity index is 527. The van der Waals surface area contributed by atoms with Crippen LogP contribution in [0.4, 0.5) is 5.69 Å². The number of halogens is 1. The van der Waals surface area contributed by atoms with Gasteiger partial charge in [-0.05, 0) is 31.2 Å². The Morgan fingerprint density at radius 2 is 1.89 bits per heavy atom. The fourth-order valence-corrected chi connectivity index (χ4v) is 3.06. The molecule has 0 aliphatic rings. The smallest absolute Gasteiger partial charge is 0.338 e. The molecule has 0 bridgehead atoms. The lowest BCUT2D eigenvalue weighted by Gasteiger charge is -2.21. The fraction of sp³-hybridized carbons (Fsp3) is 0.417. The monoisotopic (exact) mass is 349 g/mol. The average Bonchev–Trinajstić information content (AvgIpc) is 2.35. The Morgan fingerprint density at radius 1 is 1.32 bits per heavy atom. The van der Waals surface area contributed by atoms with Gasteiger partial charge in [-0.1, -0.05) is 15.9 Å². The van der Waals surface area contributed by atoms with Crippen molar-refractivity contribution in [3.63, 3.8) is 0 Å². The van der Waals surface area contributed by atoms with Crippen molar-refractivity contribution >= 4 is 37.6 Å². The van der Waals surface area contributed by atoms with Crippen LogP contribution in [0, 0.1) is 0 Å². The number of ether oxygens (including phenoxy) is 1. The Balaban J connectivity index is 2.99. The van der Waals surface area contributed by atoms with Crippen LogP contribution < -0.4 is 4.31 Å². The SMILES string of the molecule is CCOC(=O)c1ccc(N(CCBr)S(C)(=O)=O)cc1. The van der Waals surface area contributed by atoms with E-state index in [1.54, 1.807) is 31.2 Å². The van der Waals surface area contributed by atoms with Crippen molar-refractivity contribution in [2.45, 2.75) is 6.92 Å². The molecule has 1 aromatic carbocycles. The quantitative estimate of drug-likeness (QED) is 0.582. The third-order valence-corrected chi connectivity index (χ3v) is 3.90. The van der Waals surface area contributed by atoms with Crippen molar-refractivity contribution in [1.29, 1.82) is 0 Å². The van der Waals surface area contributed by atoms with Crippen molar-refractivity contribution in [2.24, 2.45) is 0 Å². The third kappa shape index (κ3) is 4.50. The molecular formula is C12H16BrNO4S. The molecule has 7 heteroatoms. The molecule has 0 heterocycles. The van der Waals surface area contributed by atoms with Crippen LogP contribution in [-0.4, -0.2) is 39.1 Å². The van der Waals surface area contributed by atoms with Crippen LogP contribution in [0.2, 0.25) is 0 Å². The molecule has 1 rings (SSSR count). The molecule has 5 nitrogen and oxygen atoms in total. The maximum absolute atomic E-state index is 11.7. The predicted octanol–water partition coefficient (Wildman–Crippen LogP) is 2.02. The van der Waals surface area contributed by atoms with Crippen LogP contribution in [0.5, 0.6) is 0 Å². The molecule has 0 saturated carbocycles. The van der Waals surface area contributed by atoms with E-state index in [9.17, 15) is 13.2 Å². The molecule has 0 N–H and O–H groups in total. The zero-order valence-corrected chi connectivity index (χ0v) is 13.2. The first-order valence-electron chi connectivity index (χ1n) is 5.71. The van der Waals surface area contributed by atoms with Crippen LogP contribution in [0.1, 0.15) is 17.3 Å². The van der Waals surface area contributed by atoms with Crippen molar-refractivity contribution in [2.75, 3.05) is 29.0 Å². The number of alkyl halides is 1. The zero-order valence-electron chi connectivity index (χ0n) is 10.8. The van der Waals surface area contributed by atoms with Gasteiger partial charge in [-0.3, -0.25) is 4.31 Å². The van der Waals surface area contributed by atoms with Gasteiger partial charge < -0.3 is 4.74 Å². The first kappa shape index (κ1) is 16.0. The molecule has 0 unspecified atom stereocenters. The highest BCUT2D eigenvalue weighted by molar-refractivity contribution is 9.09. The molecule has 0 atom stereocenters. The highest BCUT2D eigenvalue weighted by Gasteiger charge is 2.17. The molecule has 19 heavy (non-hydrogen) atoms. The van der Waals surface area contributed by atoms with Gasteiger partial charge in [-0.25, -0.2) is 13.2 Å². The van der Waals surface area contributed by atoms with Gasteiger partial charge in [0.15, 0.2) is 0 Å². The number of sulfonamides is 1. The number of rotatable bonds is 6. The molecular weight excluding hydrogens is 334 g/mol. The minimum absolute atomic E-state index is 0.305. The van der Waals surface area contributed by atoms with E-state index < -0.39 is 16.0 Å². The summed E-state index contributed by atoms with van der Waals surface area (Å²) in [6.45, 7) is 2.37. The van der Waals surface area contributed by atoms with E-state index in [0.29, 0.717) is 29.7 Å². The Kier molecular flexibility index (Phi) is 5.81. The normalized spacial score (nSPS) is 11.1. The maximum atomic E-state index is 11.7. The number of hydrogen-bond donors (Lipinski definition) is 0. The summed E-state index contributed by atoms with van der Waals surface area (Å²) < 4.78 is 29.5. The van der Waals surface area contributed by atoms with Crippen LogP contribution in [0.3, 0.4) is 0 Å². The number of benzene rings is 1. The molecule has 0 aliphatic heterocycles. The van der Waals surface area contributed by atoms with Gasteiger partial charge in [0, 0.05) is 11.9 Å². The Labute approximate surface area is 121 Å². The summed E-state index contributed by atoms with van der Waals surface area (Å²) >= 11 is 3.22. The molecule has 1 aromatic rings. The van der Waals surface area contributed by atoms with E-state index in [0.717, 1.165) is 6.26 Å². The van der Waals surface area contributed by atoms with Crippen molar-refractivity contribution in [3.8, 4) is 0 Å². The predicted molar refractivity (Wildman–Crippen MR) is 78.4 cm³/mol. The lowest BCUT2D eigenvalue weighted by Crippen LogP contribution is -2.31. The van der Waals surface area contributed by atoms with Gasteiger partial charge in [0.25, 0.3) is 0 Å². The minimum atomic E-state index is -3.34. The summed E-state index contributed by atoms with van der Waals surface area (Å²) in [5, 5.41) is 0.527. The maximum Gasteiger partial charge on any atom is 0.338 e. The lowest BCUT2D eigenvalue weighted by molar-refractivity contribution is 0.0526. The number of carbonyl (C=O) groups excluding carboxylic acids is 1. The van der Waals surface area contributed by atoms with Gasteiger partial charge in [-0.2, -0.15) is 0 Å². The summed E-state index contributed by atoms with van der Waals surface area (Å²) in [7, 11) is -3.34. The number of anilines is 1. The van der Waals surface area contributed by atoms with Crippen LogP contribution in [0.15, 0.2) is 24.3 Å². The van der Waals surface area contributed by atoms with Crippen LogP contribution in [-0.2, 0) is 14.8 Å². The highest BCUT2D eigenvalue weighted by atomic mass is 79.9. The Morgan fingerprint density at radius 3 is 2.32 bits per heavy atom. The van der Waals surface area contributed by atoms with Gasteiger partial charge in [0.1, 0.15) is 0 Å². The number of hydrogen-bond acceptors (Lipinski definition) is 4. The molecule has 0 radical (unpaired) electrons. The second-order valence-corrected chi connectivity index (χ2v) is 6.49. The topological polar surface area (TPSA) is 63.7 Å². The summed E-state index contributed by atoms with van der Waals surface area (Å²) in [4.78, 5) is 11.5. The average molecular weight is 350 g/mol. The number of carbonyl (C=O) groups is 1. The van der Waals surface area contributed by atoms with E-state index in [-0.39, 0.29) is 0 Å². The largest absolute Gasteiger partial charge is 0.462 e. The number of nitrogens with zero attached hydrogens (tertiary/aromatic N) is 1. The van der Waals surface area contributed by atoms with Gasteiger partial charge in [0.05, 0.1) is 24.1 Å². The standard InChI is InChI=1S/C12H16BrNO4S/c1-3-18-12(15)10-4-6-11(7-5-10)14(9-8-13)19(2,16)17/h4-7H,3,8-9H2,1-2H3. The molecule has 106 valence electrons. The third-order valence-electron chi connectivity index (χ3n) is 2.35. The van der Waals surface area contributed by atoms with Crippen molar-refractivity contribution in [1.82, 2.24) is 0 Å². The van der Waals surface area contributed by atoms with E-state index in [1.807, 2.05) is 0 Å². The summed E-state index contributed by atoms with van der Waals surface area (Å²) in [6, 6.07) is 6.30. The molecule has 0 fully saturated rings. The van der Waals surface area contributed by atoms with Crippen molar-refractivity contribution < 1.29 is 17.9 Å².